The van der Waals surface area contributed by atoms with Crippen LogP contribution in [0.1, 0.15) is 24.2 Å². The highest BCUT2D eigenvalue weighted by Gasteiger charge is 2.26. The molecule has 0 saturated heterocycles. The first-order valence-corrected chi connectivity index (χ1v) is 8.60. The second kappa shape index (κ2) is 8.79. The largest absolute Gasteiger partial charge is 0.496 e. The molecule has 0 aliphatic heterocycles. The van der Waals surface area contributed by atoms with Crippen LogP contribution < -0.4 is 14.8 Å². The normalized spacial score (nSPS) is 11.6. The number of nitrogens with one attached hydrogen (secondary N) is 2. The topological polar surface area (TPSA) is 102 Å². The number of rotatable bonds is 8. The molecule has 0 spiro atoms. The van der Waals surface area contributed by atoms with Gasteiger partial charge in [0.2, 0.25) is 5.91 Å². The number of H-pyrrole nitrogens is 1. The molecule has 0 saturated carbocycles. The van der Waals surface area contributed by atoms with Crippen molar-refractivity contribution in [2.45, 2.75) is 19.3 Å². The molecule has 140 valence electrons. The summed E-state index contributed by atoms with van der Waals surface area (Å²) in [5.41, 5.74) is 1.55. The van der Waals surface area contributed by atoms with Gasteiger partial charge in [-0.1, -0.05) is 23.4 Å². The van der Waals surface area contributed by atoms with Crippen molar-refractivity contribution < 1.29 is 14.3 Å². The molecule has 2 aromatic carbocycles. The Hall–Kier alpha value is -3.42. The lowest BCUT2D eigenvalue weighted by Gasteiger charge is -2.16. The standard InChI is InChI=1S/C19H21N5O3/c1-3-27-15-10-8-14(9-11-15)20-19(25)16(18-21-23-24-22-18)12-13-6-4-5-7-17(13)26-2/h4-11,16H,3,12H2,1-2H3,(H,20,25)(H,21,22,23,24)/t16-/m0/s1. The fourth-order valence-corrected chi connectivity index (χ4v) is 2.74. The van der Waals surface area contributed by atoms with Crippen molar-refractivity contribution in [1.29, 1.82) is 0 Å². The van der Waals surface area contributed by atoms with Crippen LogP contribution >= 0.6 is 0 Å². The lowest BCUT2D eigenvalue weighted by atomic mass is 9.97. The number of hydrogen-bond acceptors (Lipinski definition) is 6. The molecule has 0 unspecified atom stereocenters. The van der Waals surface area contributed by atoms with E-state index in [1.807, 2.05) is 43.3 Å². The van der Waals surface area contributed by atoms with Gasteiger partial charge in [0.25, 0.3) is 0 Å². The summed E-state index contributed by atoms with van der Waals surface area (Å²) in [6.45, 7) is 2.51. The maximum absolute atomic E-state index is 12.9. The summed E-state index contributed by atoms with van der Waals surface area (Å²) in [7, 11) is 1.60. The van der Waals surface area contributed by atoms with Crippen molar-refractivity contribution in [1.82, 2.24) is 20.6 Å². The minimum absolute atomic E-state index is 0.230. The highest BCUT2D eigenvalue weighted by atomic mass is 16.5. The van der Waals surface area contributed by atoms with Crippen LogP contribution in [0.5, 0.6) is 11.5 Å². The Kier molecular flexibility index (Phi) is 5.98. The van der Waals surface area contributed by atoms with Gasteiger partial charge in [0.05, 0.1) is 13.7 Å². The summed E-state index contributed by atoms with van der Waals surface area (Å²) in [5.74, 6) is 0.932. The Morgan fingerprint density at radius 2 is 1.96 bits per heavy atom. The number of aromatic nitrogens is 4. The van der Waals surface area contributed by atoms with Gasteiger partial charge in [-0.2, -0.15) is 5.21 Å². The Labute approximate surface area is 156 Å². The van der Waals surface area contributed by atoms with E-state index < -0.39 is 5.92 Å². The fraction of sp³-hybridized carbons (Fsp3) is 0.263. The number of nitrogens with zero attached hydrogens (tertiary/aromatic N) is 3. The van der Waals surface area contributed by atoms with E-state index in [2.05, 4.69) is 25.9 Å². The molecular weight excluding hydrogens is 346 g/mol. The maximum Gasteiger partial charge on any atom is 0.235 e. The summed E-state index contributed by atoms with van der Waals surface area (Å²) >= 11 is 0. The molecule has 27 heavy (non-hydrogen) atoms. The van der Waals surface area contributed by atoms with Gasteiger partial charge in [-0.25, -0.2) is 0 Å². The maximum atomic E-state index is 12.9. The zero-order valence-corrected chi connectivity index (χ0v) is 15.2. The van der Waals surface area contributed by atoms with E-state index in [-0.39, 0.29) is 5.91 Å². The summed E-state index contributed by atoms with van der Waals surface area (Å²) in [4.78, 5) is 12.9. The van der Waals surface area contributed by atoms with Gasteiger partial charge < -0.3 is 14.8 Å². The van der Waals surface area contributed by atoms with Crippen LogP contribution in [0.2, 0.25) is 0 Å². The Balaban J connectivity index is 1.79. The molecular formula is C19H21N5O3. The number of aromatic amines is 1. The van der Waals surface area contributed by atoms with E-state index in [1.165, 1.54) is 0 Å². The molecule has 1 aromatic heterocycles. The van der Waals surface area contributed by atoms with Gasteiger partial charge in [0.1, 0.15) is 17.4 Å². The number of tetrazole rings is 1. The van der Waals surface area contributed by atoms with Crippen LogP contribution in [0.3, 0.4) is 0 Å². The second-order valence-electron chi connectivity index (χ2n) is 5.79. The summed E-state index contributed by atoms with van der Waals surface area (Å²) < 4.78 is 10.8. The number of amides is 1. The monoisotopic (exact) mass is 367 g/mol. The van der Waals surface area contributed by atoms with E-state index >= 15 is 0 Å². The van der Waals surface area contributed by atoms with Crippen LogP contribution in [-0.4, -0.2) is 40.2 Å². The minimum atomic E-state index is -0.619. The van der Waals surface area contributed by atoms with Crippen LogP contribution in [0.4, 0.5) is 5.69 Å². The molecule has 8 heteroatoms. The van der Waals surface area contributed by atoms with Gasteiger partial charge in [-0.05, 0) is 49.2 Å². The molecule has 1 amide bonds. The third-order valence-corrected chi connectivity index (χ3v) is 4.04. The summed E-state index contributed by atoms with van der Waals surface area (Å²) in [5, 5.41) is 16.9. The smallest absolute Gasteiger partial charge is 0.235 e. The number of carbonyl (C=O) groups is 1. The SMILES string of the molecule is CCOc1ccc(NC(=O)[C@@H](Cc2ccccc2OC)c2nn[nH]n2)cc1. The minimum Gasteiger partial charge on any atom is -0.496 e. The van der Waals surface area contributed by atoms with E-state index in [0.717, 1.165) is 11.3 Å². The van der Waals surface area contributed by atoms with Gasteiger partial charge >= 0.3 is 0 Å². The highest BCUT2D eigenvalue weighted by molar-refractivity contribution is 5.95. The predicted octanol–water partition coefficient (Wildman–Crippen LogP) is 2.57. The molecule has 0 fully saturated rings. The Morgan fingerprint density at radius 3 is 2.63 bits per heavy atom. The first kappa shape index (κ1) is 18.4. The van der Waals surface area contributed by atoms with Crippen molar-refractivity contribution in [3.05, 3.63) is 59.9 Å². The summed E-state index contributed by atoms with van der Waals surface area (Å²) in [6, 6.07) is 14.7. The summed E-state index contributed by atoms with van der Waals surface area (Å²) in [6.07, 6.45) is 0.381. The Bertz CT molecular complexity index is 865. The van der Waals surface area contributed by atoms with E-state index in [0.29, 0.717) is 30.3 Å². The molecule has 2 N–H and O–H groups in total. The zero-order valence-electron chi connectivity index (χ0n) is 15.2. The van der Waals surface area contributed by atoms with E-state index in [1.54, 1.807) is 19.2 Å². The molecule has 0 aliphatic carbocycles. The van der Waals surface area contributed by atoms with Crippen molar-refractivity contribution in [2.75, 3.05) is 19.0 Å². The lowest BCUT2D eigenvalue weighted by molar-refractivity contribution is -0.117. The molecule has 8 nitrogen and oxygen atoms in total. The van der Waals surface area contributed by atoms with E-state index in [9.17, 15) is 4.79 Å². The van der Waals surface area contributed by atoms with E-state index in [4.69, 9.17) is 9.47 Å². The zero-order chi connectivity index (χ0) is 19.1. The predicted molar refractivity (Wildman–Crippen MR) is 99.9 cm³/mol. The molecule has 0 radical (unpaired) electrons. The van der Waals surface area contributed by atoms with Crippen molar-refractivity contribution >= 4 is 11.6 Å². The number of ether oxygens (including phenoxy) is 2. The number of methoxy groups -OCH3 is 1. The lowest BCUT2D eigenvalue weighted by Crippen LogP contribution is -2.24. The van der Waals surface area contributed by atoms with Crippen molar-refractivity contribution in [3.63, 3.8) is 0 Å². The van der Waals surface area contributed by atoms with Crippen molar-refractivity contribution in [2.24, 2.45) is 0 Å². The number of para-hydroxylation sites is 1. The first-order chi connectivity index (χ1) is 13.2. The van der Waals surface area contributed by atoms with Gasteiger partial charge in [0.15, 0.2) is 5.82 Å². The molecule has 3 aromatic rings. The molecule has 1 heterocycles. The van der Waals surface area contributed by atoms with Gasteiger partial charge in [-0.15, -0.1) is 10.2 Å². The second-order valence-corrected chi connectivity index (χ2v) is 5.79. The van der Waals surface area contributed by atoms with Crippen molar-refractivity contribution in [3.8, 4) is 11.5 Å². The van der Waals surface area contributed by atoms with Crippen LogP contribution in [0, 0.1) is 0 Å². The number of benzene rings is 2. The third kappa shape index (κ3) is 4.60. The average Bonchev–Trinajstić information content (AvgIpc) is 3.22. The fourth-order valence-electron chi connectivity index (χ4n) is 2.74. The third-order valence-electron chi connectivity index (χ3n) is 4.04. The van der Waals surface area contributed by atoms with Crippen LogP contribution in [0.15, 0.2) is 48.5 Å². The van der Waals surface area contributed by atoms with Crippen LogP contribution in [0.25, 0.3) is 0 Å². The number of anilines is 1. The molecule has 0 aliphatic rings. The highest BCUT2D eigenvalue weighted by Crippen LogP contribution is 2.26. The molecule has 0 bridgehead atoms. The first-order valence-electron chi connectivity index (χ1n) is 8.60. The molecule has 3 rings (SSSR count). The van der Waals surface area contributed by atoms with Gasteiger partial charge in [-0.3, -0.25) is 4.79 Å². The Morgan fingerprint density at radius 1 is 1.19 bits per heavy atom. The van der Waals surface area contributed by atoms with Crippen LogP contribution in [-0.2, 0) is 11.2 Å². The van der Waals surface area contributed by atoms with Gasteiger partial charge in [0, 0.05) is 5.69 Å². The number of carbonyl (C=O) groups excluding carboxylic acids is 1. The average molecular weight is 367 g/mol. The molecule has 1 atom stereocenters. The number of hydrogen-bond donors (Lipinski definition) is 2. The quantitative estimate of drug-likeness (QED) is 0.634.